The van der Waals surface area contributed by atoms with E-state index in [9.17, 15) is 4.79 Å². The summed E-state index contributed by atoms with van der Waals surface area (Å²) in [7, 11) is 0. The highest BCUT2D eigenvalue weighted by molar-refractivity contribution is 5.95. The molecule has 1 amide bonds. The van der Waals surface area contributed by atoms with Crippen molar-refractivity contribution in [1.82, 2.24) is 14.8 Å². The van der Waals surface area contributed by atoms with E-state index >= 15 is 0 Å². The minimum absolute atomic E-state index is 0.229. The Morgan fingerprint density at radius 1 is 0.917 bits per heavy atom. The molecule has 3 fully saturated rings. The van der Waals surface area contributed by atoms with Gasteiger partial charge in [0.2, 0.25) is 0 Å². The lowest BCUT2D eigenvalue weighted by molar-refractivity contribution is 0.0388. The molecule has 0 spiro atoms. The Morgan fingerprint density at radius 3 is 2.56 bits per heavy atom. The van der Waals surface area contributed by atoms with Crippen molar-refractivity contribution in [2.45, 2.75) is 76.8 Å². The molecule has 2 saturated heterocycles. The molecular formula is C30H39N3O3. The first-order valence-corrected chi connectivity index (χ1v) is 14.0. The average Bonchev–Trinajstić information content (AvgIpc) is 2.93. The van der Waals surface area contributed by atoms with Gasteiger partial charge in [0.25, 0.3) is 5.91 Å². The van der Waals surface area contributed by atoms with Gasteiger partial charge >= 0.3 is 0 Å². The number of nitrogens with zero attached hydrogens (tertiary/aromatic N) is 3. The number of fused-ring (bicyclic) bond motifs is 2. The summed E-state index contributed by atoms with van der Waals surface area (Å²) in [4.78, 5) is 23.6. The van der Waals surface area contributed by atoms with Crippen LogP contribution in [0.4, 0.5) is 0 Å². The summed E-state index contributed by atoms with van der Waals surface area (Å²) in [5.74, 6) is 2.97. The fraction of sp³-hybridized carbons (Fsp3) is 0.600. The molecule has 1 aromatic heterocycles. The van der Waals surface area contributed by atoms with Gasteiger partial charge in [-0.15, -0.1) is 0 Å². The van der Waals surface area contributed by atoms with Crippen molar-refractivity contribution in [3.63, 3.8) is 0 Å². The van der Waals surface area contributed by atoms with Crippen molar-refractivity contribution >= 4 is 5.91 Å². The number of carbonyl (C=O) groups is 1. The topological polar surface area (TPSA) is 54.9 Å². The van der Waals surface area contributed by atoms with Gasteiger partial charge < -0.3 is 14.4 Å². The highest BCUT2D eigenvalue weighted by Crippen LogP contribution is 2.38. The molecule has 2 unspecified atom stereocenters. The van der Waals surface area contributed by atoms with Crippen molar-refractivity contribution in [3.8, 4) is 11.5 Å². The number of aryl methyl sites for hydroxylation is 1. The number of piperidine rings is 2. The van der Waals surface area contributed by atoms with Gasteiger partial charge in [0.1, 0.15) is 13.2 Å². The number of hydrogen-bond donors (Lipinski definition) is 0. The third kappa shape index (κ3) is 4.84. The van der Waals surface area contributed by atoms with E-state index in [1.807, 2.05) is 19.1 Å². The summed E-state index contributed by atoms with van der Waals surface area (Å²) in [5, 5.41) is 0. The molecule has 6 rings (SSSR count). The predicted octanol–water partition coefficient (Wildman–Crippen LogP) is 5.34. The second-order valence-electron chi connectivity index (χ2n) is 11.2. The van der Waals surface area contributed by atoms with Gasteiger partial charge in [-0.3, -0.25) is 14.7 Å². The van der Waals surface area contributed by atoms with Gasteiger partial charge in [-0.25, -0.2) is 0 Å². The molecule has 192 valence electrons. The number of aromatic nitrogens is 1. The molecule has 4 aliphatic rings. The largest absolute Gasteiger partial charge is 0.486 e. The van der Waals surface area contributed by atoms with Crippen LogP contribution in [0, 0.1) is 12.8 Å². The highest BCUT2D eigenvalue weighted by atomic mass is 16.6. The molecule has 36 heavy (non-hydrogen) atoms. The molecule has 0 N–H and O–H groups in total. The van der Waals surface area contributed by atoms with E-state index in [0.717, 1.165) is 73.9 Å². The summed E-state index contributed by atoms with van der Waals surface area (Å²) >= 11 is 0. The standard InChI is InChI=1S/C30H39N3O3/c1-21-8-10-25(30(34)33-14-4-6-23-5-2-3-7-26(23)33)29(31-21)24-12-15-32(16-13-24)20-22-9-11-27-28(19-22)36-18-17-35-27/h8-11,19,23-24,26H,2-7,12-18,20H2,1H3. The van der Waals surface area contributed by atoms with Crippen LogP contribution in [0.25, 0.3) is 0 Å². The molecular weight excluding hydrogens is 450 g/mol. The van der Waals surface area contributed by atoms with E-state index in [2.05, 4.69) is 28.0 Å². The number of amides is 1. The van der Waals surface area contributed by atoms with Crippen molar-refractivity contribution in [1.29, 1.82) is 0 Å². The number of ether oxygens (including phenoxy) is 2. The summed E-state index contributed by atoms with van der Waals surface area (Å²) in [5.41, 5.74) is 4.16. The van der Waals surface area contributed by atoms with Crippen LogP contribution >= 0.6 is 0 Å². The van der Waals surface area contributed by atoms with Crippen LogP contribution in [-0.2, 0) is 6.54 Å². The minimum atomic E-state index is 0.229. The number of carbonyl (C=O) groups excluding carboxylic acids is 1. The van der Waals surface area contributed by atoms with Crippen molar-refractivity contribution < 1.29 is 14.3 Å². The third-order valence-corrected chi connectivity index (χ3v) is 8.79. The first-order valence-electron chi connectivity index (χ1n) is 14.0. The molecule has 1 saturated carbocycles. The lowest BCUT2D eigenvalue weighted by atomic mass is 9.78. The quantitative estimate of drug-likeness (QED) is 0.581. The van der Waals surface area contributed by atoms with Gasteiger partial charge in [0.05, 0.1) is 11.3 Å². The zero-order valence-corrected chi connectivity index (χ0v) is 21.6. The Hall–Kier alpha value is -2.60. The van der Waals surface area contributed by atoms with Crippen LogP contribution in [0.1, 0.15) is 84.6 Å². The highest BCUT2D eigenvalue weighted by Gasteiger charge is 2.37. The molecule has 0 radical (unpaired) electrons. The molecule has 6 nitrogen and oxygen atoms in total. The van der Waals surface area contributed by atoms with Gasteiger partial charge in [0.15, 0.2) is 11.5 Å². The van der Waals surface area contributed by atoms with Crippen LogP contribution in [-0.4, -0.2) is 59.6 Å². The number of likely N-dealkylation sites (tertiary alicyclic amines) is 2. The first-order chi connectivity index (χ1) is 17.7. The Morgan fingerprint density at radius 2 is 1.69 bits per heavy atom. The average molecular weight is 490 g/mol. The number of rotatable bonds is 4. The minimum Gasteiger partial charge on any atom is -0.486 e. The molecule has 6 heteroatoms. The molecule has 1 aliphatic carbocycles. The summed E-state index contributed by atoms with van der Waals surface area (Å²) in [6, 6.07) is 10.8. The predicted molar refractivity (Wildman–Crippen MR) is 140 cm³/mol. The summed E-state index contributed by atoms with van der Waals surface area (Å²) in [6.07, 6.45) is 9.53. The Kier molecular flexibility index (Phi) is 6.87. The Balaban J connectivity index is 1.14. The monoisotopic (exact) mass is 489 g/mol. The van der Waals surface area contributed by atoms with Gasteiger partial charge in [0, 0.05) is 30.7 Å². The normalized spacial score (nSPS) is 24.9. The summed E-state index contributed by atoms with van der Waals surface area (Å²) < 4.78 is 11.4. The smallest absolute Gasteiger partial charge is 0.255 e. The zero-order valence-electron chi connectivity index (χ0n) is 21.6. The van der Waals surface area contributed by atoms with Crippen LogP contribution in [0.3, 0.4) is 0 Å². The van der Waals surface area contributed by atoms with Crippen LogP contribution in [0.2, 0.25) is 0 Å². The summed E-state index contributed by atoms with van der Waals surface area (Å²) in [6.45, 7) is 7.12. The Labute approximate surface area is 215 Å². The maximum Gasteiger partial charge on any atom is 0.255 e. The van der Waals surface area contributed by atoms with Crippen LogP contribution < -0.4 is 9.47 Å². The Bertz CT molecular complexity index is 1090. The lowest BCUT2D eigenvalue weighted by Gasteiger charge is -2.44. The number of pyridine rings is 1. The first kappa shape index (κ1) is 23.8. The van der Waals surface area contributed by atoms with Crippen LogP contribution in [0.15, 0.2) is 30.3 Å². The van der Waals surface area contributed by atoms with E-state index in [4.69, 9.17) is 14.5 Å². The van der Waals surface area contributed by atoms with E-state index in [0.29, 0.717) is 31.1 Å². The third-order valence-electron chi connectivity index (χ3n) is 8.79. The number of hydrogen-bond acceptors (Lipinski definition) is 5. The van der Waals surface area contributed by atoms with Gasteiger partial charge in [-0.05, 0) is 94.3 Å². The van der Waals surface area contributed by atoms with Crippen LogP contribution in [0.5, 0.6) is 11.5 Å². The second kappa shape index (κ2) is 10.4. The molecule has 4 heterocycles. The molecule has 1 aromatic carbocycles. The number of benzene rings is 1. The fourth-order valence-corrected chi connectivity index (χ4v) is 6.91. The van der Waals surface area contributed by atoms with E-state index in [1.165, 1.54) is 37.7 Å². The fourth-order valence-electron chi connectivity index (χ4n) is 6.91. The van der Waals surface area contributed by atoms with E-state index in [-0.39, 0.29) is 5.91 Å². The molecule has 2 aromatic rings. The lowest BCUT2D eigenvalue weighted by Crippen LogP contribution is -2.50. The van der Waals surface area contributed by atoms with Crippen molar-refractivity contribution in [3.05, 3.63) is 52.8 Å². The zero-order chi connectivity index (χ0) is 24.5. The van der Waals surface area contributed by atoms with Crippen molar-refractivity contribution in [2.75, 3.05) is 32.8 Å². The SMILES string of the molecule is Cc1ccc(C(=O)N2CCCC3CCCCC32)c(C2CCN(Cc3ccc4c(c3)OCCO4)CC2)n1. The van der Waals surface area contributed by atoms with E-state index < -0.39 is 0 Å². The van der Waals surface area contributed by atoms with E-state index in [1.54, 1.807) is 0 Å². The van der Waals surface area contributed by atoms with Gasteiger partial charge in [-0.1, -0.05) is 18.9 Å². The molecule has 0 bridgehead atoms. The van der Waals surface area contributed by atoms with Crippen molar-refractivity contribution in [2.24, 2.45) is 5.92 Å². The molecule has 3 aliphatic heterocycles. The maximum atomic E-state index is 13.9. The second-order valence-corrected chi connectivity index (χ2v) is 11.2. The van der Waals surface area contributed by atoms with Gasteiger partial charge in [-0.2, -0.15) is 0 Å². The maximum absolute atomic E-state index is 13.9. The molecule has 2 atom stereocenters.